The highest BCUT2D eigenvalue weighted by Crippen LogP contribution is 2.25. The van der Waals surface area contributed by atoms with Crippen LogP contribution in [0.25, 0.3) is 0 Å². The average Bonchev–Trinajstić information content (AvgIpc) is 2.50. The van der Waals surface area contributed by atoms with E-state index in [4.69, 9.17) is 5.11 Å². The van der Waals surface area contributed by atoms with Crippen molar-refractivity contribution in [3.63, 3.8) is 0 Å². The maximum Gasteiger partial charge on any atom is 0.317 e. The van der Waals surface area contributed by atoms with Crippen LogP contribution in [0.15, 0.2) is 24.3 Å². The molecule has 1 aromatic carbocycles. The molecular formula is C18H27N3O4. The van der Waals surface area contributed by atoms with Crippen molar-refractivity contribution in [3.05, 3.63) is 29.8 Å². The molecule has 0 radical (unpaired) electrons. The second-order valence-electron chi connectivity index (χ2n) is 6.67. The summed E-state index contributed by atoms with van der Waals surface area (Å²) >= 11 is 0. The number of likely N-dealkylation sites (N-methyl/N-ethyl adjacent to an activating group) is 1. The smallest absolute Gasteiger partial charge is 0.317 e. The predicted molar refractivity (Wildman–Crippen MR) is 94.6 cm³/mol. The third kappa shape index (κ3) is 5.94. The normalized spacial score (nSPS) is 20.6. The Morgan fingerprint density at radius 1 is 1.28 bits per heavy atom. The van der Waals surface area contributed by atoms with E-state index in [9.17, 15) is 14.7 Å². The lowest BCUT2D eigenvalue weighted by Gasteiger charge is -2.42. The quantitative estimate of drug-likeness (QED) is 0.570. The van der Waals surface area contributed by atoms with Gasteiger partial charge >= 0.3 is 12.0 Å². The minimum Gasteiger partial charge on any atom is -0.508 e. The largest absolute Gasteiger partial charge is 0.508 e. The van der Waals surface area contributed by atoms with Crippen LogP contribution in [0, 0.1) is 0 Å². The summed E-state index contributed by atoms with van der Waals surface area (Å²) < 4.78 is 0. The van der Waals surface area contributed by atoms with Gasteiger partial charge in [-0.05, 0) is 50.4 Å². The van der Waals surface area contributed by atoms with Crippen LogP contribution in [-0.4, -0.2) is 58.3 Å². The van der Waals surface area contributed by atoms with Gasteiger partial charge < -0.3 is 20.8 Å². The van der Waals surface area contributed by atoms with Crippen molar-refractivity contribution in [2.45, 2.75) is 51.2 Å². The number of carboxylic acid groups (broad SMARTS) is 1. The highest BCUT2D eigenvalue weighted by atomic mass is 16.4. The average molecular weight is 349 g/mol. The van der Waals surface area contributed by atoms with Crippen LogP contribution in [-0.2, 0) is 11.2 Å². The number of hydrogen-bond donors (Lipinski definition) is 4. The molecule has 1 unspecified atom stereocenters. The van der Waals surface area contributed by atoms with Crippen molar-refractivity contribution in [2.75, 3.05) is 13.1 Å². The number of carbonyl (C=O) groups excluding carboxylic acids is 1. The van der Waals surface area contributed by atoms with Gasteiger partial charge in [0.2, 0.25) is 0 Å². The summed E-state index contributed by atoms with van der Waals surface area (Å²) in [6, 6.07) is 7.03. The number of rotatable bonds is 8. The van der Waals surface area contributed by atoms with Crippen LogP contribution >= 0.6 is 0 Å². The Morgan fingerprint density at radius 2 is 1.92 bits per heavy atom. The minimum absolute atomic E-state index is 0.0282. The molecule has 0 bridgehead atoms. The Hall–Kier alpha value is -2.28. The summed E-state index contributed by atoms with van der Waals surface area (Å²) in [6.45, 7) is 4.62. The third-order valence-electron chi connectivity index (χ3n) is 4.57. The summed E-state index contributed by atoms with van der Waals surface area (Å²) in [4.78, 5) is 24.8. The third-order valence-corrected chi connectivity index (χ3v) is 4.57. The molecule has 1 aliphatic carbocycles. The van der Waals surface area contributed by atoms with E-state index in [1.54, 1.807) is 12.1 Å². The molecule has 4 N–H and O–H groups in total. The molecule has 25 heavy (non-hydrogen) atoms. The highest BCUT2D eigenvalue weighted by molar-refractivity contribution is 5.74. The fraction of sp³-hybridized carbons (Fsp3) is 0.556. The van der Waals surface area contributed by atoms with Crippen LogP contribution in [0.4, 0.5) is 4.79 Å². The Morgan fingerprint density at radius 3 is 2.48 bits per heavy atom. The number of amides is 2. The van der Waals surface area contributed by atoms with Gasteiger partial charge in [-0.25, -0.2) is 4.79 Å². The molecule has 0 heterocycles. The monoisotopic (exact) mass is 349 g/mol. The van der Waals surface area contributed by atoms with Gasteiger partial charge in [0.15, 0.2) is 0 Å². The summed E-state index contributed by atoms with van der Waals surface area (Å²) in [5.74, 6) is -0.593. The van der Waals surface area contributed by atoms with E-state index in [1.165, 1.54) is 0 Å². The first-order chi connectivity index (χ1) is 11.9. The van der Waals surface area contributed by atoms with E-state index in [2.05, 4.69) is 10.6 Å². The van der Waals surface area contributed by atoms with E-state index < -0.39 is 5.97 Å². The summed E-state index contributed by atoms with van der Waals surface area (Å²) in [5.41, 5.74) is 1.04. The van der Waals surface area contributed by atoms with Gasteiger partial charge in [0.1, 0.15) is 5.75 Å². The number of benzene rings is 1. The molecule has 1 fully saturated rings. The molecule has 138 valence electrons. The number of nitrogens with one attached hydrogen (secondary N) is 2. The number of urea groups is 1. The second-order valence-corrected chi connectivity index (χ2v) is 6.67. The molecule has 0 aliphatic heterocycles. The molecule has 1 aliphatic rings. The SMILES string of the molecule is CCN(CC(=O)O)C1CC(NC(=O)NC(C)Cc2ccc(O)cc2)C1. The lowest BCUT2D eigenvalue weighted by atomic mass is 9.85. The number of nitrogens with zero attached hydrogens (tertiary/aromatic N) is 1. The standard InChI is InChI=1S/C18H27N3O4/c1-3-21(11-17(23)24)15-9-14(10-15)20-18(25)19-12(2)8-13-4-6-16(22)7-5-13/h4-7,12,14-15,22H,3,8-11H2,1-2H3,(H,23,24)(H2,19,20,25). The highest BCUT2D eigenvalue weighted by Gasteiger charge is 2.34. The Bertz CT molecular complexity index is 584. The topological polar surface area (TPSA) is 102 Å². The molecule has 1 aromatic rings. The van der Waals surface area contributed by atoms with E-state index in [0.29, 0.717) is 13.0 Å². The van der Waals surface area contributed by atoms with E-state index in [0.717, 1.165) is 18.4 Å². The van der Waals surface area contributed by atoms with E-state index >= 15 is 0 Å². The summed E-state index contributed by atoms with van der Waals surface area (Å²) in [6.07, 6.45) is 2.24. The van der Waals surface area contributed by atoms with Gasteiger partial charge in [-0.1, -0.05) is 19.1 Å². The molecule has 2 amide bonds. The maximum absolute atomic E-state index is 12.1. The maximum atomic E-state index is 12.1. The number of phenols is 1. The summed E-state index contributed by atoms with van der Waals surface area (Å²) in [7, 11) is 0. The molecule has 2 rings (SSSR count). The number of hydrogen-bond acceptors (Lipinski definition) is 4. The Labute approximate surface area is 148 Å². The van der Waals surface area contributed by atoms with Crippen molar-refractivity contribution in [2.24, 2.45) is 0 Å². The number of phenolic OH excluding ortho intramolecular Hbond substituents is 1. The van der Waals surface area contributed by atoms with Crippen LogP contribution in [0.3, 0.4) is 0 Å². The Balaban J connectivity index is 1.69. The van der Waals surface area contributed by atoms with Gasteiger partial charge in [-0.2, -0.15) is 0 Å². The van der Waals surface area contributed by atoms with Gasteiger partial charge in [0, 0.05) is 18.1 Å². The lowest BCUT2D eigenvalue weighted by molar-refractivity contribution is -0.139. The zero-order chi connectivity index (χ0) is 18.4. The van der Waals surface area contributed by atoms with Crippen LogP contribution in [0.2, 0.25) is 0 Å². The molecule has 7 nitrogen and oxygen atoms in total. The van der Waals surface area contributed by atoms with Gasteiger partial charge in [-0.3, -0.25) is 9.69 Å². The van der Waals surface area contributed by atoms with Crippen molar-refractivity contribution in [3.8, 4) is 5.75 Å². The molecular weight excluding hydrogens is 322 g/mol. The fourth-order valence-electron chi connectivity index (χ4n) is 3.16. The first-order valence-electron chi connectivity index (χ1n) is 8.68. The molecule has 0 aromatic heterocycles. The van der Waals surface area contributed by atoms with Gasteiger partial charge in [0.05, 0.1) is 6.54 Å². The molecule has 7 heteroatoms. The van der Waals surface area contributed by atoms with Gasteiger partial charge in [-0.15, -0.1) is 0 Å². The van der Waals surface area contributed by atoms with Crippen molar-refractivity contribution >= 4 is 12.0 Å². The lowest BCUT2D eigenvalue weighted by Crippen LogP contribution is -2.57. The number of aliphatic carboxylic acids is 1. The first-order valence-corrected chi connectivity index (χ1v) is 8.68. The minimum atomic E-state index is -0.820. The van der Waals surface area contributed by atoms with Crippen LogP contribution in [0.1, 0.15) is 32.3 Å². The number of carbonyl (C=O) groups is 2. The second kappa shape index (κ2) is 8.71. The predicted octanol–water partition coefficient (Wildman–Crippen LogP) is 1.56. The summed E-state index contributed by atoms with van der Waals surface area (Å²) in [5, 5.41) is 24.0. The van der Waals surface area contributed by atoms with Gasteiger partial charge in [0.25, 0.3) is 0 Å². The van der Waals surface area contributed by atoms with E-state index in [1.807, 2.05) is 30.9 Å². The van der Waals surface area contributed by atoms with Crippen LogP contribution < -0.4 is 10.6 Å². The zero-order valence-corrected chi connectivity index (χ0v) is 14.7. The van der Waals surface area contributed by atoms with Crippen molar-refractivity contribution in [1.29, 1.82) is 0 Å². The van der Waals surface area contributed by atoms with Crippen molar-refractivity contribution < 1.29 is 19.8 Å². The molecule has 1 saturated carbocycles. The van der Waals surface area contributed by atoms with Crippen molar-refractivity contribution in [1.82, 2.24) is 15.5 Å². The van der Waals surface area contributed by atoms with E-state index in [-0.39, 0.29) is 36.5 Å². The molecule has 0 saturated heterocycles. The zero-order valence-electron chi connectivity index (χ0n) is 14.7. The molecule has 0 spiro atoms. The molecule has 1 atom stereocenters. The Kier molecular flexibility index (Phi) is 6.64. The fourth-order valence-corrected chi connectivity index (χ4v) is 3.16. The van der Waals surface area contributed by atoms with Crippen LogP contribution in [0.5, 0.6) is 5.75 Å². The number of carboxylic acids is 1. The first kappa shape index (κ1) is 19.1. The number of aromatic hydroxyl groups is 1.